The topological polar surface area (TPSA) is 133 Å². The molecule has 0 spiro atoms. The lowest BCUT2D eigenvalue weighted by Crippen LogP contribution is -2.54. The van der Waals surface area contributed by atoms with Crippen molar-refractivity contribution < 1.29 is 23.2 Å². The molecule has 150 valence electrons. The lowest BCUT2D eigenvalue weighted by molar-refractivity contribution is -0.385. The molecule has 1 aromatic rings. The van der Waals surface area contributed by atoms with Gasteiger partial charge in [0, 0.05) is 44.9 Å². The van der Waals surface area contributed by atoms with E-state index < -0.39 is 27.1 Å². The maximum Gasteiger partial charge on any atom is 0.270 e. The van der Waals surface area contributed by atoms with Crippen LogP contribution in [0.1, 0.15) is 6.42 Å². The zero-order chi connectivity index (χ0) is 18.9. The molecule has 1 amide bonds. The van der Waals surface area contributed by atoms with Crippen molar-refractivity contribution in [3.05, 3.63) is 34.4 Å². The number of nitrogens with zero attached hydrogens (tertiary/aromatic N) is 3. The molecule has 0 bridgehead atoms. The van der Waals surface area contributed by atoms with Crippen molar-refractivity contribution in [3.63, 3.8) is 0 Å². The SMILES string of the molecule is Cl.O=C(C1CC(O)CN1)N1CCN(S(=O)(=O)c2cccc([N+](=O)[O-])c2)CC1. The molecule has 2 saturated heterocycles. The number of β-amino-alcohol motifs (C(OH)–C–C–N with tert-alkyl or cyclic N) is 1. The predicted octanol–water partition coefficient (Wildman–Crippen LogP) is -0.428. The second kappa shape index (κ2) is 8.48. The normalized spacial score (nSPS) is 23.7. The van der Waals surface area contributed by atoms with Gasteiger partial charge in [-0.05, 0) is 12.5 Å². The summed E-state index contributed by atoms with van der Waals surface area (Å²) in [5.41, 5.74) is -0.286. The minimum atomic E-state index is -3.86. The highest BCUT2D eigenvalue weighted by Crippen LogP contribution is 2.22. The number of non-ortho nitro benzene ring substituents is 1. The number of nitro groups is 1. The first-order valence-corrected chi connectivity index (χ1v) is 9.68. The second-order valence-electron chi connectivity index (χ2n) is 6.33. The van der Waals surface area contributed by atoms with Gasteiger partial charge in [-0.25, -0.2) is 8.42 Å². The molecule has 12 heteroatoms. The summed E-state index contributed by atoms with van der Waals surface area (Å²) in [6.45, 7) is 1.08. The Kier molecular flexibility index (Phi) is 6.76. The number of hydrogen-bond acceptors (Lipinski definition) is 7. The Morgan fingerprint density at radius 1 is 1.26 bits per heavy atom. The summed E-state index contributed by atoms with van der Waals surface area (Å²) in [5.74, 6) is -0.144. The molecular formula is C15H21ClN4O6S. The highest BCUT2D eigenvalue weighted by atomic mass is 35.5. The largest absolute Gasteiger partial charge is 0.392 e. The molecule has 2 atom stereocenters. The number of benzene rings is 1. The van der Waals surface area contributed by atoms with Crippen molar-refractivity contribution in [3.8, 4) is 0 Å². The number of carbonyl (C=O) groups excluding carboxylic acids is 1. The lowest BCUT2D eigenvalue weighted by atomic mass is 10.1. The molecule has 2 N–H and O–H groups in total. The number of amides is 1. The monoisotopic (exact) mass is 420 g/mol. The van der Waals surface area contributed by atoms with Crippen LogP contribution in [0.4, 0.5) is 5.69 Å². The van der Waals surface area contributed by atoms with E-state index in [0.717, 1.165) is 6.07 Å². The fourth-order valence-electron chi connectivity index (χ4n) is 3.18. The average Bonchev–Trinajstić information content (AvgIpc) is 3.07. The van der Waals surface area contributed by atoms with Gasteiger partial charge in [0.05, 0.1) is 22.0 Å². The third kappa shape index (κ3) is 4.55. The molecule has 27 heavy (non-hydrogen) atoms. The van der Waals surface area contributed by atoms with Crippen LogP contribution in [0, 0.1) is 10.1 Å². The third-order valence-electron chi connectivity index (χ3n) is 4.62. The number of sulfonamides is 1. The van der Waals surface area contributed by atoms with Crippen LogP contribution in [-0.2, 0) is 14.8 Å². The molecule has 1 aromatic carbocycles. The number of nitro benzene ring substituents is 1. The van der Waals surface area contributed by atoms with E-state index in [4.69, 9.17) is 0 Å². The number of nitrogens with one attached hydrogen (secondary N) is 1. The summed E-state index contributed by atoms with van der Waals surface area (Å²) in [4.78, 5) is 24.1. The Morgan fingerprint density at radius 3 is 2.48 bits per heavy atom. The molecule has 2 heterocycles. The second-order valence-corrected chi connectivity index (χ2v) is 8.27. The van der Waals surface area contributed by atoms with Crippen molar-refractivity contribution in [1.29, 1.82) is 0 Å². The summed E-state index contributed by atoms with van der Waals surface area (Å²) >= 11 is 0. The van der Waals surface area contributed by atoms with Crippen LogP contribution >= 0.6 is 12.4 Å². The summed E-state index contributed by atoms with van der Waals surface area (Å²) < 4.78 is 26.6. The van der Waals surface area contributed by atoms with E-state index in [2.05, 4.69) is 5.32 Å². The van der Waals surface area contributed by atoms with Crippen molar-refractivity contribution in [2.75, 3.05) is 32.7 Å². The fourth-order valence-corrected chi connectivity index (χ4v) is 4.64. The molecular weight excluding hydrogens is 400 g/mol. The highest BCUT2D eigenvalue weighted by molar-refractivity contribution is 7.89. The molecule has 0 radical (unpaired) electrons. The van der Waals surface area contributed by atoms with Gasteiger partial charge in [0.25, 0.3) is 5.69 Å². The molecule has 2 unspecified atom stereocenters. The van der Waals surface area contributed by atoms with Crippen LogP contribution in [0.2, 0.25) is 0 Å². The minimum Gasteiger partial charge on any atom is -0.392 e. The average molecular weight is 421 g/mol. The maximum absolute atomic E-state index is 12.7. The van der Waals surface area contributed by atoms with Gasteiger partial charge in [0.15, 0.2) is 0 Å². The van der Waals surface area contributed by atoms with Crippen LogP contribution in [0.25, 0.3) is 0 Å². The smallest absolute Gasteiger partial charge is 0.270 e. The lowest BCUT2D eigenvalue weighted by Gasteiger charge is -2.35. The van der Waals surface area contributed by atoms with Crippen molar-refractivity contribution in [2.24, 2.45) is 0 Å². The van der Waals surface area contributed by atoms with Crippen LogP contribution in [0.3, 0.4) is 0 Å². The van der Waals surface area contributed by atoms with Gasteiger partial charge in [-0.1, -0.05) is 6.07 Å². The van der Waals surface area contributed by atoms with Gasteiger partial charge in [-0.3, -0.25) is 14.9 Å². The van der Waals surface area contributed by atoms with Crippen molar-refractivity contribution in [1.82, 2.24) is 14.5 Å². The van der Waals surface area contributed by atoms with Gasteiger partial charge in [-0.2, -0.15) is 4.31 Å². The quantitative estimate of drug-likeness (QED) is 0.498. The Balaban J connectivity index is 0.00000261. The Labute approximate surface area is 162 Å². The van der Waals surface area contributed by atoms with Gasteiger partial charge >= 0.3 is 0 Å². The van der Waals surface area contributed by atoms with Gasteiger partial charge in [0.1, 0.15) is 0 Å². The Morgan fingerprint density at radius 2 is 1.93 bits per heavy atom. The standard InChI is InChI=1S/C15H20N4O6S.ClH/c20-12-9-14(16-10-12)15(21)17-4-6-18(7-5-17)26(24,25)13-3-1-2-11(8-13)19(22)23;/h1-3,8,12,14,16,20H,4-7,9-10H2;1H. The van der Waals surface area contributed by atoms with E-state index in [9.17, 15) is 28.4 Å². The van der Waals surface area contributed by atoms with Gasteiger partial charge < -0.3 is 15.3 Å². The van der Waals surface area contributed by atoms with Crippen molar-refractivity contribution >= 4 is 34.0 Å². The number of piperazine rings is 1. The maximum atomic E-state index is 12.7. The summed E-state index contributed by atoms with van der Waals surface area (Å²) in [6, 6.07) is 4.49. The summed E-state index contributed by atoms with van der Waals surface area (Å²) in [5, 5.41) is 23.3. The summed E-state index contributed by atoms with van der Waals surface area (Å²) in [6.07, 6.45) is -0.190. The van der Waals surface area contributed by atoms with Crippen LogP contribution in [0.5, 0.6) is 0 Å². The van der Waals surface area contributed by atoms with Gasteiger partial charge in [-0.15, -0.1) is 12.4 Å². The Bertz CT molecular complexity index is 812. The first kappa shape index (κ1) is 21.5. The van der Waals surface area contributed by atoms with E-state index in [0.29, 0.717) is 13.0 Å². The van der Waals surface area contributed by atoms with Crippen LogP contribution in [-0.4, -0.2) is 78.4 Å². The van der Waals surface area contributed by atoms with E-state index in [1.54, 1.807) is 4.90 Å². The van der Waals surface area contributed by atoms with Gasteiger partial charge in [0.2, 0.25) is 15.9 Å². The molecule has 2 fully saturated rings. The van der Waals surface area contributed by atoms with E-state index in [1.165, 1.54) is 22.5 Å². The van der Waals surface area contributed by atoms with Crippen LogP contribution in [0.15, 0.2) is 29.2 Å². The molecule has 3 rings (SSSR count). The minimum absolute atomic E-state index is 0. The van der Waals surface area contributed by atoms with E-state index in [-0.39, 0.29) is 55.1 Å². The first-order valence-electron chi connectivity index (χ1n) is 8.24. The molecule has 0 saturated carbocycles. The number of halogens is 1. The number of aliphatic hydroxyl groups excluding tert-OH is 1. The third-order valence-corrected chi connectivity index (χ3v) is 6.52. The number of rotatable bonds is 4. The van der Waals surface area contributed by atoms with Crippen LogP contribution < -0.4 is 5.32 Å². The zero-order valence-corrected chi connectivity index (χ0v) is 16.0. The zero-order valence-electron chi connectivity index (χ0n) is 14.4. The molecule has 2 aliphatic heterocycles. The summed E-state index contributed by atoms with van der Waals surface area (Å²) in [7, 11) is -3.86. The number of carbonyl (C=O) groups is 1. The first-order chi connectivity index (χ1) is 12.3. The fraction of sp³-hybridized carbons (Fsp3) is 0.533. The molecule has 10 nitrogen and oxygen atoms in total. The molecule has 0 aromatic heterocycles. The predicted molar refractivity (Wildman–Crippen MR) is 98.1 cm³/mol. The highest BCUT2D eigenvalue weighted by Gasteiger charge is 2.35. The Hall–Kier alpha value is -1.79. The van der Waals surface area contributed by atoms with E-state index in [1.807, 2.05) is 0 Å². The van der Waals surface area contributed by atoms with E-state index >= 15 is 0 Å². The molecule has 2 aliphatic rings. The number of aliphatic hydroxyl groups is 1. The molecule has 0 aliphatic carbocycles. The number of hydrogen-bond donors (Lipinski definition) is 2. The van der Waals surface area contributed by atoms with Crippen molar-refractivity contribution in [2.45, 2.75) is 23.5 Å².